The quantitative estimate of drug-likeness (QED) is 0.932. The standard InChI is InChI=1S/C14H14Cl2N2O/c1-9(17)14(10-2-4-11(15)5-3-10)19-13-6-12(16)7-18-8-13/h2-9,14H,17H2,1H3. The van der Waals surface area contributed by atoms with Gasteiger partial charge in [-0.2, -0.15) is 0 Å². The van der Waals surface area contributed by atoms with E-state index in [4.69, 9.17) is 33.7 Å². The van der Waals surface area contributed by atoms with Gasteiger partial charge in [0.25, 0.3) is 0 Å². The summed E-state index contributed by atoms with van der Waals surface area (Å²) in [6.07, 6.45) is 2.88. The van der Waals surface area contributed by atoms with Crippen LogP contribution in [0.3, 0.4) is 0 Å². The van der Waals surface area contributed by atoms with Crippen molar-refractivity contribution in [3.63, 3.8) is 0 Å². The Labute approximate surface area is 122 Å². The Morgan fingerprint density at radius 2 is 1.79 bits per heavy atom. The lowest BCUT2D eigenvalue weighted by Gasteiger charge is -2.23. The minimum atomic E-state index is -0.280. The highest BCUT2D eigenvalue weighted by Gasteiger charge is 2.18. The number of hydrogen-bond donors (Lipinski definition) is 1. The van der Waals surface area contributed by atoms with Gasteiger partial charge >= 0.3 is 0 Å². The zero-order valence-electron chi connectivity index (χ0n) is 10.4. The fourth-order valence-corrected chi connectivity index (χ4v) is 2.02. The zero-order chi connectivity index (χ0) is 13.8. The first kappa shape index (κ1) is 14.1. The second-order valence-corrected chi connectivity index (χ2v) is 5.16. The van der Waals surface area contributed by atoms with Gasteiger partial charge in [0.2, 0.25) is 0 Å². The SMILES string of the molecule is CC(N)C(Oc1cncc(Cl)c1)c1ccc(Cl)cc1. The summed E-state index contributed by atoms with van der Waals surface area (Å²) >= 11 is 11.8. The number of nitrogens with zero attached hydrogens (tertiary/aromatic N) is 1. The first-order valence-corrected chi connectivity index (χ1v) is 6.60. The van der Waals surface area contributed by atoms with Crippen LogP contribution in [-0.4, -0.2) is 11.0 Å². The highest BCUT2D eigenvalue weighted by atomic mass is 35.5. The van der Waals surface area contributed by atoms with Gasteiger partial charge in [-0.3, -0.25) is 4.98 Å². The normalized spacial score (nSPS) is 13.9. The van der Waals surface area contributed by atoms with Crippen molar-refractivity contribution in [3.05, 3.63) is 58.3 Å². The van der Waals surface area contributed by atoms with Crippen LogP contribution in [0.1, 0.15) is 18.6 Å². The van der Waals surface area contributed by atoms with Crippen LogP contribution in [0.2, 0.25) is 10.0 Å². The molecule has 0 bridgehead atoms. The summed E-state index contributed by atoms with van der Waals surface area (Å²) in [4.78, 5) is 3.99. The third-order valence-corrected chi connectivity index (χ3v) is 3.08. The van der Waals surface area contributed by atoms with Crippen LogP contribution in [0.5, 0.6) is 5.75 Å². The fourth-order valence-electron chi connectivity index (χ4n) is 1.73. The molecule has 0 amide bonds. The zero-order valence-corrected chi connectivity index (χ0v) is 11.9. The topological polar surface area (TPSA) is 48.1 Å². The molecule has 2 N–H and O–H groups in total. The van der Waals surface area contributed by atoms with Gasteiger partial charge in [-0.25, -0.2) is 0 Å². The molecule has 0 aliphatic rings. The van der Waals surface area contributed by atoms with Gasteiger partial charge in [-0.1, -0.05) is 35.3 Å². The minimum Gasteiger partial charge on any atom is -0.482 e. The number of nitrogens with two attached hydrogens (primary N) is 1. The van der Waals surface area contributed by atoms with E-state index >= 15 is 0 Å². The van der Waals surface area contributed by atoms with Crippen molar-refractivity contribution in [1.82, 2.24) is 4.98 Å². The van der Waals surface area contributed by atoms with E-state index in [1.165, 1.54) is 0 Å². The molecular formula is C14H14Cl2N2O. The lowest BCUT2D eigenvalue weighted by Crippen LogP contribution is -2.29. The van der Waals surface area contributed by atoms with Crippen molar-refractivity contribution < 1.29 is 4.74 Å². The molecule has 1 aromatic carbocycles. The van der Waals surface area contributed by atoms with E-state index in [1.807, 2.05) is 31.2 Å². The van der Waals surface area contributed by atoms with Crippen LogP contribution in [0.25, 0.3) is 0 Å². The molecular weight excluding hydrogens is 283 g/mol. The first-order valence-electron chi connectivity index (χ1n) is 5.84. The van der Waals surface area contributed by atoms with Crippen molar-refractivity contribution >= 4 is 23.2 Å². The average Bonchev–Trinajstić information content (AvgIpc) is 2.37. The van der Waals surface area contributed by atoms with Crippen LogP contribution >= 0.6 is 23.2 Å². The van der Waals surface area contributed by atoms with Crippen molar-refractivity contribution in [2.24, 2.45) is 5.73 Å². The van der Waals surface area contributed by atoms with Crippen LogP contribution in [0.15, 0.2) is 42.7 Å². The molecule has 1 heterocycles. The Morgan fingerprint density at radius 1 is 1.11 bits per heavy atom. The van der Waals surface area contributed by atoms with E-state index in [1.54, 1.807) is 18.5 Å². The summed E-state index contributed by atoms with van der Waals surface area (Å²) in [6.45, 7) is 1.89. The van der Waals surface area contributed by atoms with Crippen molar-refractivity contribution in [2.75, 3.05) is 0 Å². The number of ether oxygens (including phenoxy) is 1. The van der Waals surface area contributed by atoms with E-state index in [0.717, 1.165) is 5.56 Å². The Balaban J connectivity index is 2.23. The minimum absolute atomic E-state index is 0.180. The second-order valence-electron chi connectivity index (χ2n) is 4.29. The smallest absolute Gasteiger partial charge is 0.140 e. The molecule has 0 aliphatic heterocycles. The van der Waals surface area contributed by atoms with Gasteiger partial charge < -0.3 is 10.5 Å². The Kier molecular flexibility index (Phi) is 4.64. The number of rotatable bonds is 4. The fraction of sp³-hybridized carbons (Fsp3) is 0.214. The van der Waals surface area contributed by atoms with Gasteiger partial charge in [-0.15, -0.1) is 0 Å². The number of pyridine rings is 1. The van der Waals surface area contributed by atoms with Crippen molar-refractivity contribution in [1.29, 1.82) is 0 Å². The number of aromatic nitrogens is 1. The van der Waals surface area contributed by atoms with Gasteiger partial charge in [0.1, 0.15) is 11.9 Å². The maximum atomic E-state index is 5.98. The molecule has 2 rings (SSSR count). The molecule has 0 radical (unpaired) electrons. The van der Waals surface area contributed by atoms with Gasteiger partial charge in [-0.05, 0) is 24.6 Å². The maximum Gasteiger partial charge on any atom is 0.140 e. The van der Waals surface area contributed by atoms with E-state index in [9.17, 15) is 0 Å². The third-order valence-electron chi connectivity index (χ3n) is 2.62. The predicted octanol–water partition coefficient (Wildman–Crippen LogP) is 3.86. The first-order chi connectivity index (χ1) is 9.06. The molecule has 19 heavy (non-hydrogen) atoms. The summed E-state index contributed by atoms with van der Waals surface area (Å²) in [5.74, 6) is 0.588. The highest BCUT2D eigenvalue weighted by Crippen LogP contribution is 2.26. The lowest BCUT2D eigenvalue weighted by molar-refractivity contribution is 0.180. The maximum absolute atomic E-state index is 5.98. The van der Waals surface area contributed by atoms with Crippen molar-refractivity contribution in [2.45, 2.75) is 19.1 Å². The summed E-state index contributed by atoms with van der Waals surface area (Å²) in [7, 11) is 0. The van der Waals surface area contributed by atoms with E-state index in [2.05, 4.69) is 4.98 Å². The molecule has 2 unspecified atom stereocenters. The average molecular weight is 297 g/mol. The summed E-state index contributed by atoms with van der Waals surface area (Å²) < 4.78 is 5.87. The third kappa shape index (κ3) is 3.83. The van der Waals surface area contributed by atoms with E-state index in [-0.39, 0.29) is 12.1 Å². The molecule has 100 valence electrons. The molecule has 3 nitrogen and oxygen atoms in total. The van der Waals surface area contributed by atoms with Crippen LogP contribution in [-0.2, 0) is 0 Å². The van der Waals surface area contributed by atoms with E-state index in [0.29, 0.717) is 15.8 Å². The molecule has 5 heteroatoms. The molecule has 0 fully saturated rings. The van der Waals surface area contributed by atoms with Gasteiger partial charge in [0.05, 0.1) is 11.2 Å². The number of benzene rings is 1. The Hall–Kier alpha value is -1.29. The molecule has 0 saturated heterocycles. The molecule has 2 atom stereocenters. The van der Waals surface area contributed by atoms with Crippen LogP contribution in [0.4, 0.5) is 0 Å². The molecule has 0 saturated carbocycles. The van der Waals surface area contributed by atoms with Gasteiger partial charge in [0.15, 0.2) is 0 Å². The molecule has 0 aliphatic carbocycles. The molecule has 0 spiro atoms. The lowest BCUT2D eigenvalue weighted by atomic mass is 10.0. The second kappa shape index (κ2) is 6.24. The predicted molar refractivity (Wildman–Crippen MR) is 77.7 cm³/mol. The molecule has 2 aromatic rings. The number of hydrogen-bond acceptors (Lipinski definition) is 3. The van der Waals surface area contributed by atoms with Crippen LogP contribution < -0.4 is 10.5 Å². The summed E-state index contributed by atoms with van der Waals surface area (Å²) in [5, 5.41) is 1.20. The van der Waals surface area contributed by atoms with Gasteiger partial charge in [0, 0.05) is 23.3 Å². The molecule has 1 aromatic heterocycles. The monoisotopic (exact) mass is 296 g/mol. The number of halogens is 2. The highest BCUT2D eigenvalue weighted by molar-refractivity contribution is 6.30. The Bertz CT molecular complexity index is 543. The van der Waals surface area contributed by atoms with E-state index < -0.39 is 0 Å². The largest absolute Gasteiger partial charge is 0.482 e. The van der Waals surface area contributed by atoms with Crippen molar-refractivity contribution in [3.8, 4) is 5.75 Å². The summed E-state index contributed by atoms with van der Waals surface area (Å²) in [5.41, 5.74) is 6.94. The van der Waals surface area contributed by atoms with Crippen LogP contribution in [0, 0.1) is 0 Å². The Morgan fingerprint density at radius 3 is 2.37 bits per heavy atom. The summed E-state index contributed by atoms with van der Waals surface area (Å²) in [6, 6.07) is 8.94.